The molecule has 0 fully saturated rings. The van der Waals surface area contributed by atoms with Crippen molar-refractivity contribution in [3.05, 3.63) is 194 Å². The highest BCUT2D eigenvalue weighted by Gasteiger charge is 2.21. The molecule has 0 saturated heterocycles. The van der Waals surface area contributed by atoms with Crippen LogP contribution in [0.25, 0.3) is 81.7 Å². The first-order chi connectivity index (χ1) is 53.5. The summed E-state index contributed by atoms with van der Waals surface area (Å²) in [5.41, 5.74) is 10.6. The van der Waals surface area contributed by atoms with Gasteiger partial charge in [0.1, 0.15) is 124 Å². The van der Waals surface area contributed by atoms with Crippen molar-refractivity contribution in [1.82, 2.24) is 0 Å². The first-order valence-electron chi connectivity index (χ1n) is 32.7. The highest BCUT2D eigenvalue weighted by atomic mass is 32.2. The second kappa shape index (κ2) is 51.5. The molecule has 8 aromatic heterocycles. The summed E-state index contributed by atoms with van der Waals surface area (Å²) in [6, 6.07) is 67.9. The molecule has 8 aromatic carbocycles. The molecule has 0 aliphatic carbocycles. The van der Waals surface area contributed by atoms with Gasteiger partial charge in [0.25, 0.3) is 34.7 Å². The fourth-order valence-corrected chi connectivity index (χ4v) is 24.9. The Bertz CT molecular complexity index is 4490. The molecule has 0 amide bonds. The summed E-state index contributed by atoms with van der Waals surface area (Å²) in [4.78, 5) is 0. The second-order valence-corrected chi connectivity index (χ2v) is 38.6. The van der Waals surface area contributed by atoms with Gasteiger partial charge in [-0.25, -0.2) is 0 Å². The normalized spacial score (nSPS) is 10.2. The number of aryl methyl sites for hydroxylation is 8. The molecule has 40 heteroatoms. The van der Waals surface area contributed by atoms with Gasteiger partial charge in [-0.2, -0.15) is 36.5 Å². The van der Waals surface area contributed by atoms with Gasteiger partial charge in [0.05, 0.1) is 0 Å². The van der Waals surface area contributed by atoms with Crippen molar-refractivity contribution in [3.8, 4) is 0 Å². The SMILES string of the molecule is CSc1sc2ccccc2[n+]1C.CSc1sc2ccccc2[n+]1C.CSc1sc2ccccc2[n+]1C.CSc1sc2ccccc2[n+]1C.CSc1sc2ccccc2[n+]1C.CSc1sc2ccccc2[n+]1C.CSc1sc2ccccc2[n+]1C.CSc1sc2ccccc2[n+]1C.[O-]B([O-])F.[O-]B([O-])F.[O-]B([O-])F.[O-]B([O-])F. The predicted molar refractivity (Wildman–Crippen MR) is 466 cm³/mol. The van der Waals surface area contributed by atoms with Crippen LogP contribution in [-0.4, -0.2) is 79.6 Å². The molecule has 0 saturated carbocycles. The number of nitrogens with zero attached hydrogens (tertiary/aromatic N) is 8. The topological polar surface area (TPSA) is 216 Å². The quantitative estimate of drug-likeness (QED) is 0.0598. The Kier molecular flexibility index (Phi) is 45.0. The van der Waals surface area contributed by atoms with E-state index in [1.54, 1.807) is 94.1 Å². The predicted octanol–water partition coefficient (Wildman–Crippen LogP) is 10.2. The highest BCUT2D eigenvalue weighted by Crippen LogP contribution is 2.32. The molecule has 0 aliphatic rings. The molecule has 0 radical (unpaired) electrons. The number of rotatable bonds is 8. The molecular weight excluding hydrogens is 1740 g/mol. The third-order valence-corrected chi connectivity index (χ3v) is 34.1. The fraction of sp³-hybridized carbons (Fsp3) is 0.222. The summed E-state index contributed by atoms with van der Waals surface area (Å²) in [6.45, 7) is 0. The minimum absolute atomic E-state index is 1.33. The van der Waals surface area contributed by atoms with Crippen LogP contribution in [0.5, 0.6) is 0 Å². The number of halogens is 4. The maximum Gasteiger partial charge on any atom is 0.297 e. The van der Waals surface area contributed by atoms with Gasteiger partial charge >= 0.3 is 0 Å². The Morgan fingerprint density at radius 2 is 0.277 bits per heavy atom. The van der Waals surface area contributed by atoms with Crippen LogP contribution in [0.1, 0.15) is 0 Å². The van der Waals surface area contributed by atoms with Crippen molar-refractivity contribution >= 4 is 296 Å². The average Bonchev–Trinajstić information content (AvgIpc) is 1.75. The zero-order chi connectivity index (χ0) is 82.7. The summed E-state index contributed by atoms with van der Waals surface area (Å²) >= 11 is 29.2. The number of aromatic nitrogens is 8. The van der Waals surface area contributed by atoms with Gasteiger partial charge in [-0.15, -0.1) is 0 Å². The van der Waals surface area contributed by atoms with Crippen molar-refractivity contribution in [3.63, 3.8) is 0 Å². The van der Waals surface area contributed by atoms with E-state index in [4.69, 9.17) is 40.2 Å². The fourth-order valence-electron chi connectivity index (χ4n) is 10.1. The third kappa shape index (κ3) is 30.1. The molecule has 0 N–H and O–H groups in total. The minimum Gasteiger partial charge on any atom is -0.867 e. The molecule has 0 atom stereocenters. The van der Waals surface area contributed by atoms with Gasteiger partial charge in [-0.1, -0.05) is 188 Å². The number of thioether (sulfide) groups is 8. The standard InChI is InChI=1S/8C9H10NS2.4BFO2/c8*1-10-7-5-3-4-6-8(7)12-9(10)11-2;4*2-1(3)4/h8*3-6H,1-2H3;;;;/q8*+1;4*-2. The van der Waals surface area contributed by atoms with E-state index in [1.165, 1.54) is 116 Å². The first kappa shape index (κ1) is 97.9. The van der Waals surface area contributed by atoms with Gasteiger partial charge in [0, 0.05) is 48.5 Å². The zero-order valence-electron chi connectivity index (χ0n) is 63.7. The molecule has 592 valence electrons. The van der Waals surface area contributed by atoms with Crippen LogP contribution < -0.4 is 76.7 Å². The molecule has 0 aliphatic heterocycles. The first-order valence-corrected chi connectivity index (χ1v) is 49.0. The van der Waals surface area contributed by atoms with Crippen LogP contribution in [0.15, 0.2) is 229 Å². The molecule has 0 spiro atoms. The Hall–Kier alpha value is -4.66. The van der Waals surface area contributed by atoms with Crippen molar-refractivity contribution in [2.75, 3.05) is 50.0 Å². The van der Waals surface area contributed by atoms with E-state index in [0.717, 1.165) is 0 Å². The van der Waals surface area contributed by atoms with Crippen molar-refractivity contribution < 1.29 is 94.0 Å². The summed E-state index contributed by atoms with van der Waals surface area (Å²) in [6.07, 6.45) is 16.9. The Balaban J connectivity index is 0.000000223. The van der Waals surface area contributed by atoms with Crippen LogP contribution in [0.3, 0.4) is 0 Å². The van der Waals surface area contributed by atoms with E-state index in [9.17, 15) is 17.3 Å². The molecule has 16 nitrogen and oxygen atoms in total. The van der Waals surface area contributed by atoms with Crippen LogP contribution in [0.2, 0.25) is 0 Å². The van der Waals surface area contributed by atoms with Gasteiger partial charge in [-0.05, 0) is 193 Å². The highest BCUT2D eigenvalue weighted by molar-refractivity contribution is 8.02. The molecule has 112 heavy (non-hydrogen) atoms. The largest absolute Gasteiger partial charge is 0.867 e. The monoisotopic (exact) mass is 1820 g/mol. The smallest absolute Gasteiger partial charge is 0.297 e. The van der Waals surface area contributed by atoms with E-state index in [2.05, 4.69) is 337 Å². The Labute approximate surface area is 718 Å². The van der Waals surface area contributed by atoms with E-state index < -0.39 is 29.6 Å². The lowest BCUT2D eigenvalue weighted by molar-refractivity contribution is -0.676. The van der Waals surface area contributed by atoms with E-state index in [1.807, 2.05) is 90.7 Å². The Morgan fingerprint density at radius 1 is 0.196 bits per heavy atom. The maximum atomic E-state index is 9.89. The lowest BCUT2D eigenvalue weighted by atomic mass is 10.3. The molecule has 8 heterocycles. The van der Waals surface area contributed by atoms with Crippen molar-refractivity contribution in [2.24, 2.45) is 56.4 Å². The van der Waals surface area contributed by atoms with Gasteiger partial charge < -0.3 is 57.5 Å². The van der Waals surface area contributed by atoms with E-state index >= 15 is 0 Å². The van der Waals surface area contributed by atoms with Crippen LogP contribution in [-0.2, 0) is 56.4 Å². The maximum absolute atomic E-state index is 9.89. The summed E-state index contributed by atoms with van der Waals surface area (Å²) in [7, 11) is 4.26. The van der Waals surface area contributed by atoms with Crippen LogP contribution in [0, 0.1) is 0 Å². The van der Waals surface area contributed by atoms with Gasteiger partial charge in [-0.3, -0.25) is 0 Å². The lowest BCUT2D eigenvalue weighted by Crippen LogP contribution is -2.39. The molecule has 0 bridgehead atoms. The number of thiazole rings is 8. The number of fused-ring (bicyclic) bond motifs is 8. The van der Waals surface area contributed by atoms with E-state index in [-0.39, 0.29) is 0 Å². The Morgan fingerprint density at radius 3 is 0.348 bits per heavy atom. The van der Waals surface area contributed by atoms with Crippen molar-refractivity contribution in [1.29, 1.82) is 0 Å². The second-order valence-electron chi connectivity index (χ2n) is 21.9. The number of para-hydroxylation sites is 8. The third-order valence-electron chi connectivity index (χ3n) is 15.0. The number of benzene rings is 8. The summed E-state index contributed by atoms with van der Waals surface area (Å²) in [5, 5.41) is 66.4. The molecule has 16 rings (SSSR count). The summed E-state index contributed by atoms with van der Waals surface area (Å²) in [5.74, 6) is 0. The van der Waals surface area contributed by atoms with Crippen LogP contribution >= 0.6 is 185 Å². The van der Waals surface area contributed by atoms with E-state index in [0.29, 0.717) is 0 Å². The van der Waals surface area contributed by atoms with Crippen LogP contribution in [0.4, 0.5) is 17.3 Å². The number of hydrogen-bond acceptors (Lipinski definition) is 24. The molecule has 16 aromatic rings. The average molecular weight is 1820 g/mol. The molecular formula is C72H80B4F4N8O8S16. The summed E-state index contributed by atoms with van der Waals surface area (Å²) < 4.78 is 79.3. The lowest BCUT2D eigenvalue weighted by Gasteiger charge is -2.09. The minimum atomic E-state index is -3.17. The number of hydrogen-bond donors (Lipinski definition) is 0. The van der Waals surface area contributed by atoms with Gasteiger partial charge in [0.15, 0.2) is 0 Å². The molecule has 0 unspecified atom stereocenters. The van der Waals surface area contributed by atoms with Crippen molar-refractivity contribution in [2.45, 2.75) is 34.7 Å². The zero-order valence-corrected chi connectivity index (χ0v) is 76.7. The van der Waals surface area contributed by atoms with Gasteiger partial charge in [0.2, 0.25) is 44.1 Å².